The number of rotatable bonds is 4. The number of aryl methyl sites for hydroxylation is 1. The van der Waals surface area contributed by atoms with Gasteiger partial charge in [0.15, 0.2) is 0 Å². The van der Waals surface area contributed by atoms with E-state index in [9.17, 15) is 4.79 Å². The van der Waals surface area contributed by atoms with Gasteiger partial charge >= 0.3 is 5.97 Å². The summed E-state index contributed by atoms with van der Waals surface area (Å²) < 4.78 is 5.11. The highest BCUT2D eigenvalue weighted by Gasteiger charge is 2.09. The lowest BCUT2D eigenvalue weighted by atomic mass is 9.98. The second-order valence-electron chi connectivity index (χ2n) is 3.57. The van der Waals surface area contributed by atoms with Crippen molar-refractivity contribution in [2.45, 2.75) is 20.3 Å². The molecule has 0 unspecified atom stereocenters. The molecule has 0 fully saturated rings. The minimum absolute atomic E-state index is 0.0453. The number of allylic oxidation sites excluding steroid dienone is 1. The SMILES string of the molecule is C/C=C(/CC(=O)O)c1ccc(OC)cc1C. The smallest absolute Gasteiger partial charge is 0.307 e. The third kappa shape index (κ3) is 2.86. The van der Waals surface area contributed by atoms with Gasteiger partial charge in [0.25, 0.3) is 0 Å². The second-order valence-corrected chi connectivity index (χ2v) is 3.57. The Balaban J connectivity index is 3.07. The number of carboxylic acid groups (broad SMARTS) is 1. The summed E-state index contributed by atoms with van der Waals surface area (Å²) >= 11 is 0. The Morgan fingerprint density at radius 1 is 1.50 bits per heavy atom. The molecule has 86 valence electrons. The number of aliphatic carboxylic acids is 1. The number of carbonyl (C=O) groups is 1. The third-order valence-corrected chi connectivity index (χ3v) is 2.47. The molecule has 0 saturated heterocycles. The standard InChI is InChI=1S/C13H16O3/c1-4-10(8-13(14)15)12-6-5-11(16-3)7-9(12)2/h4-7H,8H2,1-3H3,(H,14,15)/b10-4-. The topological polar surface area (TPSA) is 46.5 Å². The van der Waals surface area contributed by atoms with E-state index < -0.39 is 5.97 Å². The minimum atomic E-state index is -0.816. The molecule has 1 aromatic carbocycles. The zero-order chi connectivity index (χ0) is 12.1. The van der Waals surface area contributed by atoms with Crippen LogP contribution < -0.4 is 4.74 Å². The van der Waals surface area contributed by atoms with Crippen molar-refractivity contribution in [3.05, 3.63) is 35.4 Å². The average Bonchev–Trinajstić information content (AvgIpc) is 2.25. The van der Waals surface area contributed by atoms with E-state index in [-0.39, 0.29) is 6.42 Å². The number of carboxylic acids is 1. The summed E-state index contributed by atoms with van der Waals surface area (Å²) in [6.45, 7) is 3.80. The zero-order valence-electron chi connectivity index (χ0n) is 9.78. The molecule has 16 heavy (non-hydrogen) atoms. The third-order valence-electron chi connectivity index (χ3n) is 2.47. The lowest BCUT2D eigenvalue weighted by Crippen LogP contribution is -1.98. The normalized spacial score (nSPS) is 11.3. The molecule has 0 bridgehead atoms. The molecular weight excluding hydrogens is 204 g/mol. The lowest BCUT2D eigenvalue weighted by molar-refractivity contribution is -0.135. The van der Waals surface area contributed by atoms with E-state index in [1.807, 2.05) is 38.1 Å². The van der Waals surface area contributed by atoms with E-state index in [0.29, 0.717) is 0 Å². The summed E-state index contributed by atoms with van der Waals surface area (Å²) in [6.07, 6.45) is 1.88. The molecule has 0 heterocycles. The summed E-state index contributed by atoms with van der Waals surface area (Å²) in [4.78, 5) is 10.7. The fourth-order valence-corrected chi connectivity index (χ4v) is 1.64. The van der Waals surface area contributed by atoms with Crippen LogP contribution in [0, 0.1) is 6.92 Å². The molecule has 0 aromatic heterocycles. The van der Waals surface area contributed by atoms with E-state index in [1.54, 1.807) is 7.11 Å². The van der Waals surface area contributed by atoms with Crippen molar-refractivity contribution in [3.8, 4) is 5.75 Å². The van der Waals surface area contributed by atoms with Crippen molar-refractivity contribution < 1.29 is 14.6 Å². The predicted molar refractivity (Wildman–Crippen MR) is 63.6 cm³/mol. The molecule has 0 aliphatic heterocycles. The number of ether oxygens (including phenoxy) is 1. The first-order chi connectivity index (χ1) is 7.58. The molecule has 0 radical (unpaired) electrons. The Hall–Kier alpha value is -1.77. The number of benzene rings is 1. The number of hydrogen-bond donors (Lipinski definition) is 1. The maximum atomic E-state index is 10.7. The van der Waals surface area contributed by atoms with Crippen molar-refractivity contribution in [2.75, 3.05) is 7.11 Å². The molecular formula is C13H16O3. The van der Waals surface area contributed by atoms with Gasteiger partial charge in [-0.3, -0.25) is 4.79 Å². The van der Waals surface area contributed by atoms with Gasteiger partial charge in [0.2, 0.25) is 0 Å². The number of hydrogen-bond acceptors (Lipinski definition) is 2. The molecule has 3 heteroatoms. The van der Waals surface area contributed by atoms with Crippen LogP contribution in [0.2, 0.25) is 0 Å². The van der Waals surface area contributed by atoms with Crippen molar-refractivity contribution >= 4 is 11.5 Å². The highest BCUT2D eigenvalue weighted by Crippen LogP contribution is 2.25. The summed E-state index contributed by atoms with van der Waals surface area (Å²) in [7, 11) is 1.61. The monoisotopic (exact) mass is 220 g/mol. The van der Waals surface area contributed by atoms with E-state index in [2.05, 4.69) is 0 Å². The zero-order valence-corrected chi connectivity index (χ0v) is 9.78. The van der Waals surface area contributed by atoms with Crippen molar-refractivity contribution in [2.24, 2.45) is 0 Å². The maximum absolute atomic E-state index is 10.7. The van der Waals surface area contributed by atoms with Crippen LogP contribution in [0.5, 0.6) is 5.75 Å². The second kappa shape index (κ2) is 5.35. The van der Waals surface area contributed by atoms with Gasteiger partial charge in [-0.05, 0) is 42.7 Å². The average molecular weight is 220 g/mol. The molecule has 0 amide bonds. The molecule has 0 saturated carbocycles. The molecule has 3 nitrogen and oxygen atoms in total. The van der Waals surface area contributed by atoms with Crippen LogP contribution in [0.25, 0.3) is 5.57 Å². The summed E-state index contributed by atoms with van der Waals surface area (Å²) in [5.74, 6) is -0.0321. The lowest BCUT2D eigenvalue weighted by Gasteiger charge is -2.10. The van der Waals surface area contributed by atoms with Crippen molar-refractivity contribution in [1.29, 1.82) is 0 Å². The minimum Gasteiger partial charge on any atom is -0.497 e. The maximum Gasteiger partial charge on any atom is 0.307 e. The van der Waals surface area contributed by atoms with Crippen molar-refractivity contribution in [3.63, 3.8) is 0 Å². The molecule has 1 aromatic rings. The van der Waals surface area contributed by atoms with Gasteiger partial charge in [-0.2, -0.15) is 0 Å². The van der Waals surface area contributed by atoms with E-state index in [4.69, 9.17) is 9.84 Å². The van der Waals surface area contributed by atoms with Gasteiger partial charge in [0.1, 0.15) is 5.75 Å². The van der Waals surface area contributed by atoms with Gasteiger partial charge < -0.3 is 9.84 Å². The summed E-state index contributed by atoms with van der Waals surface area (Å²) in [5, 5.41) is 8.80. The molecule has 0 aliphatic carbocycles. The van der Waals surface area contributed by atoms with Crippen LogP contribution in [0.1, 0.15) is 24.5 Å². The van der Waals surface area contributed by atoms with Crippen LogP contribution in [-0.4, -0.2) is 18.2 Å². The van der Waals surface area contributed by atoms with Crippen LogP contribution in [0.3, 0.4) is 0 Å². The predicted octanol–water partition coefficient (Wildman–Crippen LogP) is 2.88. The first kappa shape index (κ1) is 12.3. The van der Waals surface area contributed by atoms with Gasteiger partial charge in [-0.25, -0.2) is 0 Å². The molecule has 1 N–H and O–H groups in total. The molecule has 0 aliphatic rings. The van der Waals surface area contributed by atoms with Crippen LogP contribution in [-0.2, 0) is 4.79 Å². The highest BCUT2D eigenvalue weighted by molar-refractivity contribution is 5.84. The number of methoxy groups -OCH3 is 1. The first-order valence-corrected chi connectivity index (χ1v) is 5.10. The Kier molecular flexibility index (Phi) is 4.11. The fraction of sp³-hybridized carbons (Fsp3) is 0.308. The van der Waals surface area contributed by atoms with Gasteiger partial charge in [0.05, 0.1) is 13.5 Å². The Morgan fingerprint density at radius 2 is 2.19 bits per heavy atom. The Labute approximate surface area is 95.4 Å². The summed E-state index contributed by atoms with van der Waals surface area (Å²) in [5.41, 5.74) is 2.81. The Morgan fingerprint density at radius 3 is 2.62 bits per heavy atom. The summed E-state index contributed by atoms with van der Waals surface area (Å²) in [6, 6.07) is 5.64. The quantitative estimate of drug-likeness (QED) is 0.848. The van der Waals surface area contributed by atoms with E-state index in [0.717, 1.165) is 22.4 Å². The Bertz CT molecular complexity index is 419. The molecule has 0 atom stereocenters. The van der Waals surface area contributed by atoms with Gasteiger partial charge in [-0.1, -0.05) is 12.1 Å². The first-order valence-electron chi connectivity index (χ1n) is 5.10. The highest BCUT2D eigenvalue weighted by atomic mass is 16.5. The van der Waals surface area contributed by atoms with Gasteiger partial charge in [-0.15, -0.1) is 0 Å². The fourth-order valence-electron chi connectivity index (χ4n) is 1.64. The largest absolute Gasteiger partial charge is 0.497 e. The van der Waals surface area contributed by atoms with Crippen LogP contribution in [0.15, 0.2) is 24.3 Å². The molecule has 1 rings (SSSR count). The van der Waals surface area contributed by atoms with Crippen LogP contribution in [0.4, 0.5) is 0 Å². The molecule has 0 spiro atoms. The van der Waals surface area contributed by atoms with E-state index >= 15 is 0 Å². The van der Waals surface area contributed by atoms with Gasteiger partial charge in [0, 0.05) is 0 Å². The van der Waals surface area contributed by atoms with Crippen molar-refractivity contribution in [1.82, 2.24) is 0 Å². The van der Waals surface area contributed by atoms with Crippen LogP contribution >= 0.6 is 0 Å². The van der Waals surface area contributed by atoms with E-state index in [1.165, 1.54) is 0 Å².